The van der Waals surface area contributed by atoms with Crippen LogP contribution in [0.3, 0.4) is 0 Å². The highest BCUT2D eigenvalue weighted by atomic mass is 16.5. The maximum Gasteiger partial charge on any atom is 0.302 e. The van der Waals surface area contributed by atoms with Crippen molar-refractivity contribution in [2.24, 2.45) is 40.4 Å². The summed E-state index contributed by atoms with van der Waals surface area (Å²) in [6.07, 6.45) is 5.24. The van der Waals surface area contributed by atoms with Gasteiger partial charge in [-0.25, -0.2) is 0 Å². The van der Waals surface area contributed by atoms with E-state index in [4.69, 9.17) is 4.74 Å². The van der Waals surface area contributed by atoms with Gasteiger partial charge < -0.3 is 14.9 Å². The summed E-state index contributed by atoms with van der Waals surface area (Å²) < 4.78 is 5.52. The zero-order chi connectivity index (χ0) is 20.4. The number of aliphatic hydroxyl groups excluding tert-OH is 2. The number of ether oxygens (including phenoxy) is 1. The van der Waals surface area contributed by atoms with Crippen molar-refractivity contribution < 1.29 is 24.5 Å². The maximum absolute atomic E-state index is 12.3. The van der Waals surface area contributed by atoms with Crippen molar-refractivity contribution in [3.8, 4) is 0 Å². The van der Waals surface area contributed by atoms with Gasteiger partial charge in [-0.1, -0.05) is 13.8 Å². The Kier molecular flexibility index (Phi) is 4.94. The van der Waals surface area contributed by atoms with Crippen molar-refractivity contribution >= 4 is 11.8 Å². The second kappa shape index (κ2) is 6.80. The van der Waals surface area contributed by atoms with Gasteiger partial charge in [-0.15, -0.1) is 0 Å². The molecule has 2 N–H and O–H groups in total. The van der Waals surface area contributed by atoms with E-state index in [1.54, 1.807) is 6.92 Å². The molecule has 4 aliphatic carbocycles. The Morgan fingerprint density at radius 3 is 2.32 bits per heavy atom. The molecule has 0 aliphatic heterocycles. The highest BCUT2D eigenvalue weighted by Crippen LogP contribution is 2.67. The summed E-state index contributed by atoms with van der Waals surface area (Å²) in [6.45, 7) is 7.48. The zero-order valence-electron chi connectivity index (χ0n) is 17.7. The monoisotopic (exact) mass is 392 g/mol. The molecule has 0 amide bonds. The molecule has 0 heterocycles. The van der Waals surface area contributed by atoms with Crippen LogP contribution in [-0.2, 0) is 14.3 Å². The topological polar surface area (TPSA) is 83.8 Å². The molecule has 0 spiro atoms. The Labute approximate surface area is 168 Å². The predicted molar refractivity (Wildman–Crippen MR) is 104 cm³/mol. The van der Waals surface area contributed by atoms with E-state index in [9.17, 15) is 19.8 Å². The number of ketones is 1. The van der Waals surface area contributed by atoms with E-state index in [1.807, 2.05) is 6.92 Å². The van der Waals surface area contributed by atoms with Gasteiger partial charge in [0.25, 0.3) is 0 Å². The number of hydrogen-bond acceptors (Lipinski definition) is 5. The predicted octanol–water partition coefficient (Wildman–Crippen LogP) is 3.11. The first-order valence-electron chi connectivity index (χ1n) is 11.1. The Morgan fingerprint density at radius 1 is 0.964 bits per heavy atom. The second-order valence-electron chi connectivity index (χ2n) is 10.7. The molecule has 0 unspecified atom stereocenters. The number of aliphatic hydroxyl groups is 2. The van der Waals surface area contributed by atoms with Crippen LogP contribution in [0.15, 0.2) is 0 Å². The molecule has 0 radical (unpaired) electrons. The summed E-state index contributed by atoms with van der Waals surface area (Å²) in [7, 11) is 0. The standard InChI is InChI=1S/C23H36O5/c1-12(24)21-19(26)10-18-16-6-5-14-9-15(28-13(2)25)7-8-22(14,3)17(16)11-20(27)23(18,21)4/h14-21,26-27H,5-11H2,1-4H3/t14-,15-,16+,17-,18-,19-,20+,21-,22-,23+/m0/s1. The van der Waals surface area contributed by atoms with Crippen LogP contribution in [0.4, 0.5) is 0 Å². The van der Waals surface area contributed by atoms with Crippen LogP contribution in [0.5, 0.6) is 0 Å². The molecule has 4 fully saturated rings. The highest BCUT2D eigenvalue weighted by molar-refractivity contribution is 5.80. The second-order valence-corrected chi connectivity index (χ2v) is 10.7. The van der Waals surface area contributed by atoms with E-state index in [-0.39, 0.29) is 29.2 Å². The number of fused-ring (bicyclic) bond motifs is 5. The summed E-state index contributed by atoms with van der Waals surface area (Å²) in [5.41, 5.74) is -0.369. The average Bonchev–Trinajstić information content (AvgIpc) is 2.88. The summed E-state index contributed by atoms with van der Waals surface area (Å²) in [5.74, 6) is 0.957. The van der Waals surface area contributed by atoms with Gasteiger partial charge >= 0.3 is 5.97 Å². The van der Waals surface area contributed by atoms with Crippen molar-refractivity contribution in [2.75, 3.05) is 0 Å². The Morgan fingerprint density at radius 2 is 1.68 bits per heavy atom. The first-order valence-corrected chi connectivity index (χ1v) is 11.1. The number of rotatable bonds is 2. The van der Waals surface area contributed by atoms with Crippen LogP contribution in [-0.4, -0.2) is 40.3 Å². The van der Waals surface area contributed by atoms with Gasteiger partial charge in [0.15, 0.2) is 0 Å². The SMILES string of the molecule is CC(=O)O[C@H]1CC[C@@]2(C)[C@@H](CC[C@@H]3[C@@H]2C[C@@H](O)[C@@]2(C)[C@H]3C[C@H](O)[C@@H]2C(C)=O)C1. The third-order valence-corrected chi connectivity index (χ3v) is 9.53. The van der Waals surface area contributed by atoms with Gasteiger partial charge in [0, 0.05) is 12.3 Å². The van der Waals surface area contributed by atoms with Gasteiger partial charge in [-0.2, -0.15) is 0 Å². The molecule has 0 saturated heterocycles. The lowest BCUT2D eigenvalue weighted by molar-refractivity contribution is -0.180. The third kappa shape index (κ3) is 2.79. The first kappa shape index (κ1) is 20.3. The molecular weight excluding hydrogens is 356 g/mol. The first-order chi connectivity index (χ1) is 13.1. The van der Waals surface area contributed by atoms with Crippen molar-refractivity contribution in [1.82, 2.24) is 0 Å². The van der Waals surface area contributed by atoms with Crippen LogP contribution in [0.25, 0.3) is 0 Å². The van der Waals surface area contributed by atoms with Crippen LogP contribution < -0.4 is 0 Å². The van der Waals surface area contributed by atoms with Crippen molar-refractivity contribution in [3.05, 3.63) is 0 Å². The third-order valence-electron chi connectivity index (χ3n) is 9.53. The van der Waals surface area contributed by atoms with Crippen LogP contribution in [0.2, 0.25) is 0 Å². The Hall–Kier alpha value is -0.940. The van der Waals surface area contributed by atoms with E-state index in [0.717, 1.165) is 38.5 Å². The van der Waals surface area contributed by atoms with Gasteiger partial charge in [0.1, 0.15) is 11.9 Å². The lowest BCUT2D eigenvalue weighted by Crippen LogP contribution is -2.59. The molecule has 4 saturated carbocycles. The minimum Gasteiger partial charge on any atom is -0.463 e. The maximum atomic E-state index is 12.3. The molecule has 0 aromatic rings. The quantitative estimate of drug-likeness (QED) is 0.706. The zero-order valence-corrected chi connectivity index (χ0v) is 17.7. The van der Waals surface area contributed by atoms with Gasteiger partial charge in [0.2, 0.25) is 0 Å². The van der Waals surface area contributed by atoms with E-state index < -0.39 is 23.5 Å². The molecule has 0 aromatic heterocycles. The molecule has 0 aromatic carbocycles. The Balaban J connectivity index is 1.60. The molecule has 158 valence electrons. The van der Waals surface area contributed by atoms with Crippen LogP contribution in [0, 0.1) is 40.4 Å². The number of carbonyl (C=O) groups excluding carboxylic acids is 2. The number of carbonyl (C=O) groups is 2. The minimum atomic E-state index is -0.633. The van der Waals surface area contributed by atoms with E-state index in [1.165, 1.54) is 6.92 Å². The summed E-state index contributed by atoms with van der Waals surface area (Å²) in [4.78, 5) is 23.7. The van der Waals surface area contributed by atoms with E-state index in [0.29, 0.717) is 24.2 Å². The minimum absolute atomic E-state index is 0.0109. The highest BCUT2D eigenvalue weighted by Gasteiger charge is 2.66. The Bertz CT molecular complexity index is 661. The van der Waals surface area contributed by atoms with Crippen molar-refractivity contribution in [3.63, 3.8) is 0 Å². The average molecular weight is 393 g/mol. The fraction of sp³-hybridized carbons (Fsp3) is 0.913. The van der Waals surface area contributed by atoms with Crippen LogP contribution in [0.1, 0.15) is 72.6 Å². The lowest BCUT2D eigenvalue weighted by atomic mass is 9.44. The summed E-state index contributed by atoms with van der Waals surface area (Å²) in [6, 6.07) is 0. The molecule has 4 aliphatic rings. The fourth-order valence-corrected chi connectivity index (χ4v) is 8.26. The van der Waals surface area contributed by atoms with Crippen LogP contribution >= 0.6 is 0 Å². The normalized spacial score (nSPS) is 52.9. The summed E-state index contributed by atoms with van der Waals surface area (Å²) in [5, 5.41) is 22.0. The van der Waals surface area contributed by atoms with Crippen molar-refractivity contribution in [2.45, 2.75) is 91.0 Å². The smallest absolute Gasteiger partial charge is 0.302 e. The lowest BCUT2D eigenvalue weighted by Gasteiger charge is -2.62. The molecule has 28 heavy (non-hydrogen) atoms. The molecule has 0 bridgehead atoms. The summed E-state index contributed by atoms with van der Waals surface area (Å²) >= 11 is 0. The number of hydrogen-bond donors (Lipinski definition) is 2. The molecule has 10 atom stereocenters. The fourth-order valence-electron chi connectivity index (χ4n) is 8.26. The molecule has 5 heteroatoms. The number of Topliss-reactive ketones (excluding diaryl/α,β-unsaturated/α-hetero) is 1. The van der Waals surface area contributed by atoms with Gasteiger partial charge in [0.05, 0.1) is 18.1 Å². The van der Waals surface area contributed by atoms with E-state index >= 15 is 0 Å². The molecule has 4 rings (SSSR count). The number of esters is 1. The van der Waals surface area contributed by atoms with E-state index in [2.05, 4.69) is 6.92 Å². The largest absolute Gasteiger partial charge is 0.463 e. The van der Waals surface area contributed by atoms with Gasteiger partial charge in [-0.3, -0.25) is 9.59 Å². The van der Waals surface area contributed by atoms with Crippen molar-refractivity contribution in [1.29, 1.82) is 0 Å². The molecule has 5 nitrogen and oxygen atoms in total. The molecular formula is C23H36O5. The van der Waals surface area contributed by atoms with Gasteiger partial charge in [-0.05, 0) is 81.0 Å².